The van der Waals surface area contributed by atoms with E-state index in [9.17, 15) is 4.79 Å². The quantitative estimate of drug-likeness (QED) is 0.665. The normalized spacial score (nSPS) is 43.2. The van der Waals surface area contributed by atoms with Gasteiger partial charge in [0.1, 0.15) is 0 Å². The molecule has 1 heterocycles. The summed E-state index contributed by atoms with van der Waals surface area (Å²) in [5, 5.41) is 0. The van der Waals surface area contributed by atoms with Crippen molar-refractivity contribution in [2.24, 2.45) is 17.8 Å². The van der Waals surface area contributed by atoms with Gasteiger partial charge in [0, 0.05) is 31.6 Å². The van der Waals surface area contributed by atoms with Crippen LogP contribution in [0.25, 0.3) is 0 Å². The van der Waals surface area contributed by atoms with Gasteiger partial charge in [-0.1, -0.05) is 0 Å². The molecule has 3 unspecified atom stereocenters. The van der Waals surface area contributed by atoms with Crippen LogP contribution in [0.2, 0.25) is 0 Å². The second-order valence-electron chi connectivity index (χ2n) is 6.07. The highest BCUT2D eigenvalue weighted by molar-refractivity contribution is 5.80. The molecule has 0 spiro atoms. The Kier molecular flexibility index (Phi) is 2.46. The predicted molar refractivity (Wildman–Crippen MR) is 63.0 cm³/mol. The molecule has 0 aromatic rings. The number of amides is 1. The molecule has 0 aromatic carbocycles. The molecule has 2 saturated carbocycles. The highest BCUT2D eigenvalue weighted by atomic mass is 16.2. The summed E-state index contributed by atoms with van der Waals surface area (Å²) in [5.41, 5.74) is 0. The first kappa shape index (κ1) is 10.6. The fourth-order valence-corrected chi connectivity index (χ4v) is 3.62. The van der Waals surface area contributed by atoms with Crippen LogP contribution in [0.4, 0.5) is 0 Å². The fourth-order valence-electron chi connectivity index (χ4n) is 3.62. The SMILES string of the molecule is CC1CN(C)CCN1C(=O)C1CC2CC2C1. The summed E-state index contributed by atoms with van der Waals surface area (Å²) in [6.07, 6.45) is 3.77. The van der Waals surface area contributed by atoms with Gasteiger partial charge in [-0.25, -0.2) is 0 Å². The van der Waals surface area contributed by atoms with Crippen molar-refractivity contribution in [2.75, 3.05) is 26.7 Å². The number of nitrogens with zero attached hydrogens (tertiary/aromatic N) is 2. The molecule has 0 aromatic heterocycles. The number of piperazine rings is 1. The van der Waals surface area contributed by atoms with Crippen molar-refractivity contribution < 1.29 is 4.79 Å². The van der Waals surface area contributed by atoms with Gasteiger partial charge in [-0.05, 0) is 45.1 Å². The van der Waals surface area contributed by atoms with Crippen molar-refractivity contribution in [3.8, 4) is 0 Å². The number of fused-ring (bicyclic) bond motifs is 1. The molecule has 3 fully saturated rings. The van der Waals surface area contributed by atoms with E-state index in [1.165, 1.54) is 19.3 Å². The Bertz CT molecular complexity index is 294. The van der Waals surface area contributed by atoms with Crippen molar-refractivity contribution in [3.63, 3.8) is 0 Å². The minimum Gasteiger partial charge on any atom is -0.337 e. The minimum atomic E-state index is 0.370. The van der Waals surface area contributed by atoms with Crippen molar-refractivity contribution in [3.05, 3.63) is 0 Å². The molecule has 1 saturated heterocycles. The molecule has 0 bridgehead atoms. The van der Waals surface area contributed by atoms with Gasteiger partial charge in [0.25, 0.3) is 0 Å². The molecule has 3 heteroatoms. The van der Waals surface area contributed by atoms with Crippen LogP contribution in [0.3, 0.4) is 0 Å². The number of carbonyl (C=O) groups is 1. The van der Waals surface area contributed by atoms with Crippen molar-refractivity contribution >= 4 is 5.91 Å². The summed E-state index contributed by atoms with van der Waals surface area (Å²) in [6.45, 7) is 5.19. The number of hydrogen-bond acceptors (Lipinski definition) is 2. The second-order valence-corrected chi connectivity index (χ2v) is 6.07. The lowest BCUT2D eigenvalue weighted by Gasteiger charge is -2.39. The Balaban J connectivity index is 1.61. The van der Waals surface area contributed by atoms with E-state index in [1.807, 2.05) is 0 Å². The van der Waals surface area contributed by atoms with E-state index in [-0.39, 0.29) is 0 Å². The van der Waals surface area contributed by atoms with E-state index < -0.39 is 0 Å². The van der Waals surface area contributed by atoms with Crippen molar-refractivity contribution in [1.82, 2.24) is 9.80 Å². The van der Waals surface area contributed by atoms with Crippen molar-refractivity contribution in [1.29, 1.82) is 0 Å². The van der Waals surface area contributed by atoms with E-state index in [0.717, 1.165) is 31.5 Å². The maximum atomic E-state index is 12.4. The minimum absolute atomic E-state index is 0.370. The third-order valence-electron chi connectivity index (χ3n) is 4.71. The van der Waals surface area contributed by atoms with Crippen molar-refractivity contribution in [2.45, 2.75) is 32.2 Å². The van der Waals surface area contributed by atoms with Gasteiger partial charge in [0.05, 0.1) is 0 Å². The largest absolute Gasteiger partial charge is 0.337 e. The molecule has 3 rings (SSSR count). The number of rotatable bonds is 1. The summed E-state index contributed by atoms with van der Waals surface area (Å²) < 4.78 is 0. The van der Waals surface area contributed by atoms with Crippen LogP contribution < -0.4 is 0 Å². The van der Waals surface area contributed by atoms with E-state index >= 15 is 0 Å². The Morgan fingerprint density at radius 1 is 1.12 bits per heavy atom. The van der Waals surface area contributed by atoms with Crippen LogP contribution in [-0.2, 0) is 4.79 Å². The summed E-state index contributed by atoms with van der Waals surface area (Å²) in [6, 6.07) is 0.406. The molecular formula is C13H22N2O. The lowest BCUT2D eigenvalue weighted by molar-refractivity contribution is -0.140. The summed E-state index contributed by atoms with van der Waals surface area (Å²) in [7, 11) is 2.14. The number of hydrogen-bond donors (Lipinski definition) is 0. The lowest BCUT2D eigenvalue weighted by Crippen LogP contribution is -2.54. The highest BCUT2D eigenvalue weighted by Gasteiger charge is 2.49. The van der Waals surface area contributed by atoms with Crippen LogP contribution in [-0.4, -0.2) is 48.4 Å². The Labute approximate surface area is 97.8 Å². The molecule has 3 atom stereocenters. The average molecular weight is 222 g/mol. The van der Waals surface area contributed by atoms with Crippen LogP contribution in [0.5, 0.6) is 0 Å². The molecule has 1 aliphatic heterocycles. The third kappa shape index (κ3) is 1.75. The van der Waals surface area contributed by atoms with Crippen LogP contribution >= 0.6 is 0 Å². The first-order valence-corrected chi connectivity index (χ1v) is 6.64. The van der Waals surface area contributed by atoms with Crippen LogP contribution in [0, 0.1) is 17.8 Å². The van der Waals surface area contributed by atoms with E-state index in [0.29, 0.717) is 17.9 Å². The zero-order valence-corrected chi connectivity index (χ0v) is 10.4. The van der Waals surface area contributed by atoms with E-state index in [4.69, 9.17) is 0 Å². The van der Waals surface area contributed by atoms with Gasteiger partial charge in [-0.3, -0.25) is 4.79 Å². The molecule has 2 aliphatic carbocycles. The molecule has 0 N–H and O–H groups in total. The van der Waals surface area contributed by atoms with E-state index in [2.05, 4.69) is 23.8 Å². The van der Waals surface area contributed by atoms with Gasteiger partial charge in [-0.15, -0.1) is 0 Å². The Morgan fingerprint density at radius 3 is 2.44 bits per heavy atom. The maximum Gasteiger partial charge on any atom is 0.226 e. The summed E-state index contributed by atoms with van der Waals surface area (Å²) in [5.74, 6) is 2.65. The van der Waals surface area contributed by atoms with E-state index in [1.54, 1.807) is 0 Å². The topological polar surface area (TPSA) is 23.6 Å². The molecule has 0 radical (unpaired) electrons. The molecule has 16 heavy (non-hydrogen) atoms. The first-order chi connectivity index (χ1) is 7.65. The highest BCUT2D eigenvalue weighted by Crippen LogP contribution is 2.54. The lowest BCUT2D eigenvalue weighted by atomic mass is 10.00. The molecule has 1 amide bonds. The Morgan fingerprint density at radius 2 is 1.81 bits per heavy atom. The maximum absolute atomic E-state index is 12.4. The monoisotopic (exact) mass is 222 g/mol. The fraction of sp³-hybridized carbons (Fsp3) is 0.923. The average Bonchev–Trinajstić information content (AvgIpc) is 2.85. The van der Waals surface area contributed by atoms with Gasteiger partial charge in [-0.2, -0.15) is 0 Å². The Hall–Kier alpha value is -0.570. The third-order valence-corrected chi connectivity index (χ3v) is 4.71. The second kappa shape index (κ2) is 3.73. The standard InChI is InChI=1S/C13H22N2O/c1-9-8-14(2)3-4-15(9)13(16)12-6-10-5-11(10)7-12/h9-12H,3-8H2,1-2H3. The van der Waals surface area contributed by atoms with Gasteiger partial charge in [0.2, 0.25) is 5.91 Å². The number of likely N-dealkylation sites (N-methyl/N-ethyl adjacent to an activating group) is 1. The zero-order chi connectivity index (χ0) is 11.3. The molecule has 3 nitrogen and oxygen atoms in total. The molecular weight excluding hydrogens is 200 g/mol. The zero-order valence-electron chi connectivity index (χ0n) is 10.4. The number of carbonyl (C=O) groups excluding carboxylic acids is 1. The van der Waals surface area contributed by atoms with Gasteiger partial charge in [0.15, 0.2) is 0 Å². The first-order valence-electron chi connectivity index (χ1n) is 6.64. The van der Waals surface area contributed by atoms with Gasteiger partial charge >= 0.3 is 0 Å². The predicted octanol–water partition coefficient (Wildman–Crippen LogP) is 1.19. The molecule has 3 aliphatic rings. The summed E-state index contributed by atoms with van der Waals surface area (Å²) in [4.78, 5) is 16.8. The van der Waals surface area contributed by atoms with Crippen LogP contribution in [0.15, 0.2) is 0 Å². The van der Waals surface area contributed by atoms with Gasteiger partial charge < -0.3 is 9.80 Å². The molecule has 90 valence electrons. The van der Waals surface area contributed by atoms with Crippen LogP contribution in [0.1, 0.15) is 26.2 Å². The summed E-state index contributed by atoms with van der Waals surface area (Å²) >= 11 is 0. The smallest absolute Gasteiger partial charge is 0.226 e.